The van der Waals surface area contributed by atoms with Crippen molar-refractivity contribution >= 4 is 29.0 Å². The molecule has 1 unspecified atom stereocenters. The number of hydrogen-bond acceptors (Lipinski definition) is 4. The number of anilines is 1. The molecule has 10 heteroatoms. The fourth-order valence-electron chi connectivity index (χ4n) is 3.85. The van der Waals surface area contributed by atoms with Crippen LogP contribution in [-0.2, 0) is 11.8 Å². The van der Waals surface area contributed by atoms with E-state index < -0.39 is 30.2 Å². The third kappa shape index (κ3) is 5.40. The van der Waals surface area contributed by atoms with Gasteiger partial charge >= 0.3 is 6.03 Å². The smallest absolute Gasteiger partial charge is 0.322 e. The van der Waals surface area contributed by atoms with Crippen molar-refractivity contribution in [3.8, 4) is 0 Å². The summed E-state index contributed by atoms with van der Waals surface area (Å²) in [6.45, 7) is 4.33. The molecule has 0 spiro atoms. The van der Waals surface area contributed by atoms with Crippen LogP contribution in [0.2, 0.25) is 0 Å². The minimum Gasteiger partial charge on any atom is -0.341 e. The summed E-state index contributed by atoms with van der Waals surface area (Å²) >= 11 is 0. The molecule has 1 N–H and O–H groups in total. The SMILES string of the molecule is CCC.CNC(=O)N(CCC=O)c1nn(C)c2cc(C3CCN(C)CC3(F)F)c(F)cc12. The summed E-state index contributed by atoms with van der Waals surface area (Å²) in [6, 6.07) is 2.05. The highest BCUT2D eigenvalue weighted by molar-refractivity contribution is 6.01. The second-order valence-electron chi connectivity index (χ2n) is 8.05. The van der Waals surface area contributed by atoms with Crippen LogP contribution >= 0.6 is 0 Å². The van der Waals surface area contributed by atoms with Crippen molar-refractivity contribution in [2.75, 3.05) is 38.6 Å². The minimum absolute atomic E-state index is 0.0514. The number of benzene rings is 1. The van der Waals surface area contributed by atoms with Crippen molar-refractivity contribution in [3.05, 3.63) is 23.5 Å². The maximum Gasteiger partial charge on any atom is 0.322 e. The number of halogens is 3. The van der Waals surface area contributed by atoms with Gasteiger partial charge in [0.15, 0.2) is 5.82 Å². The van der Waals surface area contributed by atoms with Crippen LogP contribution in [0.3, 0.4) is 0 Å². The van der Waals surface area contributed by atoms with E-state index in [1.165, 1.54) is 34.0 Å². The Morgan fingerprint density at radius 2 is 2.00 bits per heavy atom. The monoisotopic (exact) mass is 455 g/mol. The molecule has 1 atom stereocenters. The number of nitrogens with zero attached hydrogens (tertiary/aromatic N) is 4. The van der Waals surface area contributed by atoms with Gasteiger partial charge in [-0.2, -0.15) is 5.10 Å². The molecule has 3 rings (SSSR count). The molecular weight excluding hydrogens is 423 g/mol. The number of urea groups is 1. The molecule has 7 nitrogen and oxygen atoms in total. The summed E-state index contributed by atoms with van der Waals surface area (Å²) in [5.41, 5.74) is 0.385. The van der Waals surface area contributed by atoms with Crippen molar-refractivity contribution in [2.24, 2.45) is 7.05 Å². The Labute approximate surface area is 186 Å². The lowest BCUT2D eigenvalue weighted by atomic mass is 9.85. The topological polar surface area (TPSA) is 70.5 Å². The Bertz CT molecular complexity index is 947. The lowest BCUT2D eigenvalue weighted by molar-refractivity contribution is -0.107. The van der Waals surface area contributed by atoms with Gasteiger partial charge in [0.2, 0.25) is 0 Å². The van der Waals surface area contributed by atoms with E-state index in [9.17, 15) is 22.8 Å². The zero-order chi connectivity index (χ0) is 24.1. The maximum atomic E-state index is 15.0. The van der Waals surface area contributed by atoms with Gasteiger partial charge in [0.25, 0.3) is 5.92 Å². The molecule has 1 aromatic carbocycles. The first-order chi connectivity index (χ1) is 15.1. The number of aryl methyl sites for hydroxylation is 1. The summed E-state index contributed by atoms with van der Waals surface area (Å²) in [6.07, 6.45) is 2.14. The van der Waals surface area contributed by atoms with E-state index in [1.807, 2.05) is 0 Å². The van der Waals surface area contributed by atoms with Crippen LogP contribution in [-0.4, -0.2) is 66.6 Å². The van der Waals surface area contributed by atoms with Gasteiger partial charge in [-0.05, 0) is 37.7 Å². The first-order valence-electron chi connectivity index (χ1n) is 10.8. The van der Waals surface area contributed by atoms with E-state index in [0.29, 0.717) is 23.7 Å². The van der Waals surface area contributed by atoms with Crippen LogP contribution in [0.15, 0.2) is 12.1 Å². The number of nitrogens with one attached hydrogen (secondary N) is 1. The highest BCUT2D eigenvalue weighted by Crippen LogP contribution is 2.42. The van der Waals surface area contributed by atoms with E-state index in [-0.39, 0.29) is 30.8 Å². The molecule has 1 fully saturated rings. The van der Waals surface area contributed by atoms with Gasteiger partial charge < -0.3 is 15.0 Å². The molecule has 32 heavy (non-hydrogen) atoms. The van der Waals surface area contributed by atoms with Gasteiger partial charge in [0.1, 0.15) is 12.1 Å². The van der Waals surface area contributed by atoms with Crippen molar-refractivity contribution in [1.82, 2.24) is 20.0 Å². The normalized spacial score (nSPS) is 18.1. The fraction of sp³-hybridized carbons (Fsp3) is 0.591. The van der Waals surface area contributed by atoms with Gasteiger partial charge in [0.05, 0.1) is 18.0 Å². The van der Waals surface area contributed by atoms with Crippen molar-refractivity contribution < 1.29 is 22.8 Å². The van der Waals surface area contributed by atoms with E-state index in [2.05, 4.69) is 24.3 Å². The number of amides is 2. The molecule has 1 aliphatic rings. The van der Waals surface area contributed by atoms with E-state index in [1.54, 1.807) is 14.1 Å². The van der Waals surface area contributed by atoms with E-state index in [4.69, 9.17) is 0 Å². The number of carbonyl (C=O) groups is 2. The highest BCUT2D eigenvalue weighted by Gasteiger charge is 2.45. The first-order valence-corrected chi connectivity index (χ1v) is 10.8. The predicted octanol–water partition coefficient (Wildman–Crippen LogP) is 3.92. The van der Waals surface area contributed by atoms with Gasteiger partial charge in [0, 0.05) is 32.4 Å². The fourth-order valence-corrected chi connectivity index (χ4v) is 3.85. The van der Waals surface area contributed by atoms with E-state index >= 15 is 0 Å². The largest absolute Gasteiger partial charge is 0.341 e. The minimum atomic E-state index is -3.05. The number of alkyl halides is 2. The molecule has 0 aliphatic carbocycles. The molecule has 2 aromatic rings. The third-order valence-electron chi connectivity index (χ3n) is 5.30. The average Bonchev–Trinajstić information content (AvgIpc) is 3.03. The first kappa shape index (κ1) is 25.6. The van der Waals surface area contributed by atoms with Crippen LogP contribution in [0.4, 0.5) is 23.8 Å². The molecule has 1 aromatic heterocycles. The summed E-state index contributed by atoms with van der Waals surface area (Å²) in [5, 5.41) is 7.07. The van der Waals surface area contributed by atoms with E-state index in [0.717, 1.165) is 6.07 Å². The number of rotatable bonds is 5. The number of carbonyl (C=O) groups excluding carboxylic acids is 2. The van der Waals surface area contributed by atoms with Crippen molar-refractivity contribution in [1.29, 1.82) is 0 Å². The number of likely N-dealkylation sites (tertiary alicyclic amines) is 1. The van der Waals surface area contributed by atoms with Crippen LogP contribution in [0.5, 0.6) is 0 Å². The molecule has 1 saturated heterocycles. The molecule has 2 amide bonds. The number of fused-ring (bicyclic) bond motifs is 1. The van der Waals surface area contributed by atoms with Gasteiger partial charge in [-0.25, -0.2) is 18.0 Å². The second-order valence-corrected chi connectivity index (χ2v) is 8.05. The van der Waals surface area contributed by atoms with Crippen molar-refractivity contribution in [2.45, 2.75) is 45.0 Å². The molecule has 0 saturated carbocycles. The average molecular weight is 456 g/mol. The standard InChI is InChI=1S/C19H24F3N5O2.C3H8/c1-23-18(29)27(6-4-8-28)17-13-9-15(20)12(10-16(13)26(3)24-17)14-5-7-25(2)11-19(14,21)22;1-3-2/h8-10,14H,4-7,11H2,1-3H3,(H,23,29);3H2,1-2H3. The molecule has 0 bridgehead atoms. The molecule has 0 radical (unpaired) electrons. The number of aromatic nitrogens is 2. The number of aldehydes is 1. The second kappa shape index (κ2) is 10.8. The zero-order valence-electron chi connectivity index (χ0n) is 19.3. The van der Waals surface area contributed by atoms with Gasteiger partial charge in [-0.15, -0.1) is 0 Å². The molecular formula is C22H32F3N5O2. The number of piperidine rings is 1. The Hall–Kier alpha value is -2.62. The molecule has 1 aliphatic heterocycles. The summed E-state index contributed by atoms with van der Waals surface area (Å²) in [4.78, 5) is 25.8. The van der Waals surface area contributed by atoms with Crippen LogP contribution < -0.4 is 10.2 Å². The lowest BCUT2D eigenvalue weighted by Crippen LogP contribution is -2.45. The summed E-state index contributed by atoms with van der Waals surface area (Å²) in [7, 11) is 4.65. The van der Waals surface area contributed by atoms with Crippen LogP contribution in [0.1, 0.15) is 44.6 Å². The Morgan fingerprint density at radius 3 is 2.56 bits per heavy atom. The van der Waals surface area contributed by atoms with Gasteiger partial charge in [-0.3, -0.25) is 9.58 Å². The highest BCUT2D eigenvalue weighted by atomic mass is 19.3. The Balaban J connectivity index is 0.00000114. The summed E-state index contributed by atoms with van der Waals surface area (Å²) < 4.78 is 45.6. The Morgan fingerprint density at radius 1 is 1.34 bits per heavy atom. The number of hydrogen-bond donors (Lipinski definition) is 1. The lowest BCUT2D eigenvalue weighted by Gasteiger charge is -2.36. The van der Waals surface area contributed by atoms with Crippen molar-refractivity contribution in [3.63, 3.8) is 0 Å². The maximum absolute atomic E-state index is 15.0. The molecule has 178 valence electrons. The van der Waals surface area contributed by atoms with Gasteiger partial charge in [-0.1, -0.05) is 20.3 Å². The third-order valence-corrected chi connectivity index (χ3v) is 5.30. The predicted molar refractivity (Wildman–Crippen MR) is 119 cm³/mol. The van der Waals surface area contributed by atoms with Crippen LogP contribution in [0, 0.1) is 5.82 Å². The molecule has 2 heterocycles. The Kier molecular flexibility index (Phi) is 8.65. The zero-order valence-corrected chi connectivity index (χ0v) is 19.3. The quantitative estimate of drug-likeness (QED) is 0.694. The van der Waals surface area contributed by atoms with Crippen LogP contribution in [0.25, 0.3) is 10.9 Å². The summed E-state index contributed by atoms with van der Waals surface area (Å²) in [5.74, 6) is -4.87.